The second-order valence-electron chi connectivity index (χ2n) is 7.16. The molecule has 0 saturated heterocycles. The first kappa shape index (κ1) is 22.3. The molecule has 0 radical (unpaired) electrons. The maximum atomic E-state index is 13.2. The van der Waals surface area contributed by atoms with Crippen molar-refractivity contribution in [1.29, 1.82) is 0 Å². The van der Waals surface area contributed by atoms with Crippen molar-refractivity contribution in [3.63, 3.8) is 0 Å². The van der Waals surface area contributed by atoms with E-state index in [1.54, 1.807) is 53.4 Å². The molecule has 1 amide bonds. The lowest BCUT2D eigenvalue weighted by Crippen LogP contribution is -2.28. The first-order chi connectivity index (χ1) is 14.8. The Morgan fingerprint density at radius 2 is 2.03 bits per heavy atom. The van der Waals surface area contributed by atoms with Crippen molar-refractivity contribution in [3.8, 4) is 5.82 Å². The Hall–Kier alpha value is -3.36. The summed E-state index contributed by atoms with van der Waals surface area (Å²) in [5, 5.41) is 6.80. The van der Waals surface area contributed by atoms with Crippen LogP contribution in [-0.4, -0.2) is 34.3 Å². The van der Waals surface area contributed by atoms with E-state index in [1.807, 2.05) is 6.92 Å². The summed E-state index contributed by atoms with van der Waals surface area (Å²) < 4.78 is 41.2. The van der Waals surface area contributed by atoms with Crippen LogP contribution < -0.4 is 10.2 Å². The standard InChI is InChI=1S/C22H24F3N5O/c1-3-4-11-29(2)19-8-7-17(22(23,24)25)13-18(19)21(31)27-15-16-6-9-20(26-14-16)30-12-5-10-28-30/h5-10,12-14H,3-4,11,15H2,1-2H3,(H,27,31). The summed E-state index contributed by atoms with van der Waals surface area (Å²) in [4.78, 5) is 18.9. The molecule has 3 rings (SSSR count). The molecule has 0 aliphatic heterocycles. The van der Waals surface area contributed by atoms with Crippen LogP contribution in [0.2, 0.25) is 0 Å². The number of amides is 1. The number of nitrogens with one attached hydrogen (secondary N) is 1. The highest BCUT2D eigenvalue weighted by molar-refractivity contribution is 6.00. The molecule has 0 spiro atoms. The summed E-state index contributed by atoms with van der Waals surface area (Å²) in [6.07, 6.45) is 2.27. The minimum Gasteiger partial charge on any atom is -0.374 e. The second kappa shape index (κ2) is 9.63. The number of nitrogens with zero attached hydrogens (tertiary/aromatic N) is 4. The van der Waals surface area contributed by atoms with E-state index in [0.29, 0.717) is 18.1 Å². The number of carbonyl (C=O) groups is 1. The Morgan fingerprint density at radius 1 is 1.23 bits per heavy atom. The van der Waals surface area contributed by atoms with Crippen LogP contribution in [0.25, 0.3) is 5.82 Å². The number of hydrogen-bond acceptors (Lipinski definition) is 4. The molecule has 0 aliphatic rings. The largest absolute Gasteiger partial charge is 0.416 e. The maximum Gasteiger partial charge on any atom is 0.416 e. The minimum atomic E-state index is -4.53. The van der Waals surface area contributed by atoms with Gasteiger partial charge in [0, 0.05) is 44.4 Å². The number of pyridine rings is 1. The molecule has 2 aromatic heterocycles. The third-order valence-corrected chi connectivity index (χ3v) is 4.83. The highest BCUT2D eigenvalue weighted by Crippen LogP contribution is 2.33. The van der Waals surface area contributed by atoms with Gasteiger partial charge in [-0.25, -0.2) is 9.67 Å². The van der Waals surface area contributed by atoms with Crippen LogP contribution in [-0.2, 0) is 12.7 Å². The number of rotatable bonds is 8. The van der Waals surface area contributed by atoms with Crippen molar-refractivity contribution in [3.05, 3.63) is 71.7 Å². The van der Waals surface area contributed by atoms with Gasteiger partial charge in [0.15, 0.2) is 5.82 Å². The van der Waals surface area contributed by atoms with Gasteiger partial charge in [0.25, 0.3) is 5.91 Å². The number of hydrogen-bond donors (Lipinski definition) is 1. The fourth-order valence-corrected chi connectivity index (χ4v) is 3.08. The summed E-state index contributed by atoms with van der Waals surface area (Å²) in [6, 6.07) is 8.58. The molecule has 3 aromatic rings. The lowest BCUT2D eigenvalue weighted by molar-refractivity contribution is -0.137. The van der Waals surface area contributed by atoms with Crippen LogP contribution in [0.15, 0.2) is 55.0 Å². The molecular formula is C22H24F3N5O. The van der Waals surface area contributed by atoms with Crippen molar-refractivity contribution in [1.82, 2.24) is 20.1 Å². The van der Waals surface area contributed by atoms with Crippen LogP contribution in [0, 0.1) is 0 Å². The van der Waals surface area contributed by atoms with Gasteiger partial charge in [-0.2, -0.15) is 18.3 Å². The smallest absolute Gasteiger partial charge is 0.374 e. The van der Waals surface area contributed by atoms with Gasteiger partial charge in [0.05, 0.1) is 11.1 Å². The van der Waals surface area contributed by atoms with Gasteiger partial charge >= 0.3 is 6.18 Å². The quantitative estimate of drug-likeness (QED) is 0.572. The van der Waals surface area contributed by atoms with Crippen LogP contribution in [0.3, 0.4) is 0 Å². The van der Waals surface area contributed by atoms with Crippen molar-refractivity contribution in [2.24, 2.45) is 0 Å². The van der Waals surface area contributed by atoms with E-state index < -0.39 is 17.6 Å². The van der Waals surface area contributed by atoms with Crippen molar-refractivity contribution in [2.45, 2.75) is 32.5 Å². The molecule has 0 bridgehead atoms. The fraction of sp³-hybridized carbons (Fsp3) is 0.318. The maximum absolute atomic E-state index is 13.2. The minimum absolute atomic E-state index is 0.00505. The Balaban J connectivity index is 1.77. The lowest BCUT2D eigenvalue weighted by Gasteiger charge is -2.23. The number of carbonyl (C=O) groups excluding carboxylic acids is 1. The molecule has 0 aliphatic carbocycles. The first-order valence-electron chi connectivity index (χ1n) is 9.95. The van der Waals surface area contributed by atoms with Gasteiger partial charge in [-0.05, 0) is 42.3 Å². The van der Waals surface area contributed by atoms with E-state index in [9.17, 15) is 18.0 Å². The summed E-state index contributed by atoms with van der Waals surface area (Å²) in [5.41, 5.74) is 0.327. The molecule has 0 saturated carbocycles. The molecule has 6 nitrogen and oxygen atoms in total. The van der Waals surface area contributed by atoms with Crippen LogP contribution in [0.4, 0.5) is 18.9 Å². The Morgan fingerprint density at radius 3 is 2.65 bits per heavy atom. The lowest BCUT2D eigenvalue weighted by atomic mass is 10.1. The van der Waals surface area contributed by atoms with E-state index in [2.05, 4.69) is 15.4 Å². The van der Waals surface area contributed by atoms with Gasteiger partial charge in [0.1, 0.15) is 0 Å². The highest BCUT2D eigenvalue weighted by Gasteiger charge is 2.32. The average Bonchev–Trinajstić information content (AvgIpc) is 3.30. The number of anilines is 1. The molecule has 0 fully saturated rings. The van der Waals surface area contributed by atoms with E-state index in [4.69, 9.17) is 0 Å². The summed E-state index contributed by atoms with van der Waals surface area (Å²) in [6.45, 7) is 2.81. The third-order valence-electron chi connectivity index (χ3n) is 4.83. The molecule has 2 heterocycles. The van der Waals surface area contributed by atoms with Crippen molar-refractivity contribution in [2.75, 3.05) is 18.5 Å². The summed E-state index contributed by atoms with van der Waals surface area (Å²) >= 11 is 0. The van der Waals surface area contributed by atoms with Crippen molar-refractivity contribution < 1.29 is 18.0 Å². The van der Waals surface area contributed by atoms with Crippen LogP contribution >= 0.6 is 0 Å². The van der Waals surface area contributed by atoms with E-state index in [1.165, 1.54) is 6.07 Å². The zero-order chi connectivity index (χ0) is 22.4. The molecule has 0 unspecified atom stereocenters. The second-order valence-corrected chi connectivity index (χ2v) is 7.16. The summed E-state index contributed by atoms with van der Waals surface area (Å²) in [7, 11) is 1.77. The van der Waals surface area contributed by atoms with Gasteiger partial charge in [-0.3, -0.25) is 4.79 Å². The highest BCUT2D eigenvalue weighted by atomic mass is 19.4. The van der Waals surface area contributed by atoms with E-state index in [-0.39, 0.29) is 12.1 Å². The SMILES string of the molecule is CCCCN(C)c1ccc(C(F)(F)F)cc1C(=O)NCc1ccc(-n2cccn2)nc1. The van der Waals surface area contributed by atoms with Gasteiger partial charge in [-0.1, -0.05) is 19.4 Å². The summed E-state index contributed by atoms with van der Waals surface area (Å²) in [5.74, 6) is 0.0541. The van der Waals surface area contributed by atoms with Gasteiger partial charge in [0.2, 0.25) is 0 Å². The Kier molecular flexibility index (Phi) is 6.94. The molecule has 9 heteroatoms. The topological polar surface area (TPSA) is 63.1 Å². The zero-order valence-corrected chi connectivity index (χ0v) is 17.4. The predicted molar refractivity (Wildman–Crippen MR) is 112 cm³/mol. The van der Waals surface area contributed by atoms with Crippen molar-refractivity contribution >= 4 is 11.6 Å². The van der Waals surface area contributed by atoms with Crippen LogP contribution in [0.5, 0.6) is 0 Å². The number of alkyl halides is 3. The Labute approximate surface area is 178 Å². The van der Waals surface area contributed by atoms with Gasteiger partial charge in [-0.15, -0.1) is 0 Å². The number of unbranched alkanes of at least 4 members (excludes halogenated alkanes) is 1. The third kappa shape index (κ3) is 5.62. The number of aromatic nitrogens is 3. The van der Waals surface area contributed by atoms with E-state index >= 15 is 0 Å². The molecule has 0 atom stereocenters. The number of halogens is 3. The average molecular weight is 431 g/mol. The zero-order valence-electron chi connectivity index (χ0n) is 17.4. The van der Waals surface area contributed by atoms with Crippen LogP contribution in [0.1, 0.15) is 41.3 Å². The van der Waals surface area contributed by atoms with E-state index in [0.717, 1.165) is 30.5 Å². The number of benzene rings is 1. The Bertz CT molecular complexity index is 1000. The molecular weight excluding hydrogens is 407 g/mol. The predicted octanol–water partition coefficient (Wildman–Crippen LogP) is 4.45. The normalized spacial score (nSPS) is 11.4. The molecule has 31 heavy (non-hydrogen) atoms. The first-order valence-corrected chi connectivity index (χ1v) is 9.95. The van der Waals surface area contributed by atoms with Gasteiger partial charge < -0.3 is 10.2 Å². The molecule has 164 valence electrons. The fourth-order valence-electron chi connectivity index (χ4n) is 3.08. The monoisotopic (exact) mass is 431 g/mol. The molecule has 1 N–H and O–H groups in total. The molecule has 1 aromatic carbocycles.